The van der Waals surface area contributed by atoms with Crippen LogP contribution in [0.15, 0.2) is 24.3 Å². The number of benzene rings is 1. The molecule has 1 heterocycles. The molecule has 0 aromatic heterocycles. The fourth-order valence-corrected chi connectivity index (χ4v) is 1.98. The van der Waals surface area contributed by atoms with Crippen molar-refractivity contribution in [3.05, 3.63) is 29.8 Å². The fraction of sp³-hybridized carbons (Fsp3) is 0.385. The quantitative estimate of drug-likeness (QED) is 0.802. The van der Waals surface area contributed by atoms with Gasteiger partial charge in [-0.1, -0.05) is 18.2 Å². The van der Waals surface area contributed by atoms with E-state index >= 15 is 0 Å². The van der Waals surface area contributed by atoms with Gasteiger partial charge < -0.3 is 10.1 Å². The second kappa shape index (κ2) is 5.35. The Bertz CT molecular complexity index is 451. The Morgan fingerprint density at radius 1 is 1.53 bits per heavy atom. The Kier molecular flexibility index (Phi) is 3.61. The number of para-hydroxylation sites is 1. The monoisotopic (exact) mass is 230 g/mol. The van der Waals surface area contributed by atoms with Gasteiger partial charge in [-0.15, -0.1) is 0 Å². The first kappa shape index (κ1) is 11.5. The molecular formula is C13H14N2O2. The van der Waals surface area contributed by atoms with Gasteiger partial charge in [0.15, 0.2) is 0 Å². The predicted octanol–water partition coefficient (Wildman–Crippen LogP) is 1.58. The first-order chi connectivity index (χ1) is 8.33. The van der Waals surface area contributed by atoms with Crippen LogP contribution < -0.4 is 10.1 Å². The van der Waals surface area contributed by atoms with Crippen molar-refractivity contribution in [3.8, 4) is 11.8 Å². The number of amides is 1. The lowest BCUT2D eigenvalue weighted by Crippen LogP contribution is -2.32. The van der Waals surface area contributed by atoms with Crippen molar-refractivity contribution in [2.45, 2.75) is 18.8 Å². The average Bonchev–Trinajstić information content (AvgIpc) is 2.38. The van der Waals surface area contributed by atoms with Crippen molar-refractivity contribution >= 4 is 5.91 Å². The third-order valence-electron chi connectivity index (χ3n) is 2.81. The van der Waals surface area contributed by atoms with E-state index in [-0.39, 0.29) is 11.8 Å². The number of ether oxygens (including phenoxy) is 1. The zero-order valence-electron chi connectivity index (χ0n) is 9.48. The number of hydrogen-bond acceptors (Lipinski definition) is 3. The zero-order valence-corrected chi connectivity index (χ0v) is 9.48. The molecule has 0 bridgehead atoms. The molecule has 0 spiro atoms. The van der Waals surface area contributed by atoms with E-state index in [1.165, 1.54) is 0 Å². The molecule has 1 atom stereocenters. The second-order valence-corrected chi connectivity index (χ2v) is 3.93. The number of nitriles is 1. The highest BCUT2D eigenvalue weighted by atomic mass is 16.5. The molecule has 0 saturated heterocycles. The number of fused-ring (bicyclic) bond motifs is 1. The first-order valence-corrected chi connectivity index (χ1v) is 5.69. The number of nitrogens with one attached hydrogen (secondary N) is 1. The SMILES string of the molecule is N#CCCNC(=O)C1CCOc2ccccc21. The Morgan fingerprint density at radius 2 is 2.35 bits per heavy atom. The van der Waals surface area contributed by atoms with Gasteiger partial charge in [0.2, 0.25) is 5.91 Å². The summed E-state index contributed by atoms with van der Waals surface area (Å²) >= 11 is 0. The summed E-state index contributed by atoms with van der Waals surface area (Å²) in [5.41, 5.74) is 0.938. The molecule has 0 saturated carbocycles. The molecule has 1 aliphatic heterocycles. The Morgan fingerprint density at radius 3 is 3.18 bits per heavy atom. The smallest absolute Gasteiger partial charge is 0.227 e. The molecular weight excluding hydrogens is 216 g/mol. The molecule has 1 aromatic rings. The minimum absolute atomic E-state index is 0.0176. The van der Waals surface area contributed by atoms with E-state index in [0.717, 1.165) is 11.3 Å². The molecule has 88 valence electrons. The Hall–Kier alpha value is -2.02. The van der Waals surface area contributed by atoms with Crippen molar-refractivity contribution in [2.75, 3.05) is 13.2 Å². The normalized spacial score (nSPS) is 17.5. The summed E-state index contributed by atoms with van der Waals surface area (Å²) in [6.45, 7) is 0.974. The maximum Gasteiger partial charge on any atom is 0.227 e. The summed E-state index contributed by atoms with van der Waals surface area (Å²) < 4.78 is 5.50. The van der Waals surface area contributed by atoms with Crippen molar-refractivity contribution in [1.29, 1.82) is 5.26 Å². The second-order valence-electron chi connectivity index (χ2n) is 3.93. The van der Waals surface area contributed by atoms with E-state index in [0.29, 0.717) is 26.0 Å². The molecule has 4 nitrogen and oxygen atoms in total. The van der Waals surface area contributed by atoms with Gasteiger partial charge in [0, 0.05) is 12.1 Å². The van der Waals surface area contributed by atoms with Crippen LogP contribution in [0.3, 0.4) is 0 Å². The average molecular weight is 230 g/mol. The van der Waals surface area contributed by atoms with Gasteiger partial charge in [-0.2, -0.15) is 5.26 Å². The summed E-state index contributed by atoms with van der Waals surface area (Å²) in [6.07, 6.45) is 1.03. The van der Waals surface area contributed by atoms with Crippen molar-refractivity contribution in [1.82, 2.24) is 5.32 Å². The lowest BCUT2D eigenvalue weighted by atomic mass is 9.92. The van der Waals surface area contributed by atoms with Gasteiger partial charge >= 0.3 is 0 Å². The predicted molar refractivity (Wildman–Crippen MR) is 62.5 cm³/mol. The van der Waals surface area contributed by atoms with Crippen LogP contribution in [0.4, 0.5) is 0 Å². The van der Waals surface area contributed by atoms with Gasteiger partial charge in [-0.3, -0.25) is 4.79 Å². The van der Waals surface area contributed by atoms with Crippen LogP contribution in [-0.2, 0) is 4.79 Å². The molecule has 0 fully saturated rings. The molecule has 4 heteroatoms. The van der Waals surface area contributed by atoms with E-state index in [1.807, 2.05) is 30.3 Å². The molecule has 1 N–H and O–H groups in total. The highest BCUT2D eigenvalue weighted by Crippen LogP contribution is 2.33. The number of hydrogen-bond donors (Lipinski definition) is 1. The van der Waals surface area contributed by atoms with Crippen molar-refractivity contribution in [3.63, 3.8) is 0 Å². The third-order valence-corrected chi connectivity index (χ3v) is 2.81. The summed E-state index contributed by atoms with van der Waals surface area (Å²) in [5.74, 6) is 0.619. The van der Waals surface area contributed by atoms with Gasteiger partial charge in [-0.25, -0.2) is 0 Å². The highest BCUT2D eigenvalue weighted by molar-refractivity contribution is 5.84. The Balaban J connectivity index is 2.08. The van der Waals surface area contributed by atoms with Gasteiger partial charge in [0.1, 0.15) is 5.75 Å². The van der Waals surface area contributed by atoms with Gasteiger partial charge in [0.25, 0.3) is 0 Å². The number of carbonyl (C=O) groups excluding carboxylic acids is 1. The van der Waals surface area contributed by atoms with Crippen molar-refractivity contribution in [2.24, 2.45) is 0 Å². The summed E-state index contributed by atoms with van der Waals surface area (Å²) in [7, 11) is 0. The fourth-order valence-electron chi connectivity index (χ4n) is 1.98. The maximum absolute atomic E-state index is 12.0. The van der Waals surface area contributed by atoms with Crippen LogP contribution in [0.25, 0.3) is 0 Å². The minimum Gasteiger partial charge on any atom is -0.493 e. The van der Waals surface area contributed by atoms with Crippen LogP contribution in [0, 0.1) is 11.3 Å². The number of nitrogens with zero attached hydrogens (tertiary/aromatic N) is 1. The van der Waals surface area contributed by atoms with Crippen molar-refractivity contribution < 1.29 is 9.53 Å². The maximum atomic E-state index is 12.0. The van der Waals surface area contributed by atoms with Gasteiger partial charge in [0.05, 0.1) is 25.0 Å². The minimum atomic E-state index is -0.154. The van der Waals surface area contributed by atoms with E-state index < -0.39 is 0 Å². The zero-order chi connectivity index (χ0) is 12.1. The third kappa shape index (κ3) is 2.56. The summed E-state index contributed by atoms with van der Waals surface area (Å²) in [5, 5.41) is 11.2. The van der Waals surface area contributed by atoms with E-state index in [1.54, 1.807) is 0 Å². The number of carbonyl (C=O) groups is 1. The largest absolute Gasteiger partial charge is 0.493 e. The van der Waals surface area contributed by atoms with Crippen LogP contribution in [-0.4, -0.2) is 19.1 Å². The van der Waals surface area contributed by atoms with E-state index in [2.05, 4.69) is 5.32 Å². The number of rotatable bonds is 3. The van der Waals surface area contributed by atoms with Crippen LogP contribution in [0.1, 0.15) is 24.3 Å². The lowest BCUT2D eigenvalue weighted by molar-refractivity contribution is -0.123. The molecule has 1 unspecified atom stereocenters. The summed E-state index contributed by atoms with van der Waals surface area (Å²) in [6, 6.07) is 9.61. The van der Waals surface area contributed by atoms with Gasteiger partial charge in [-0.05, 0) is 12.5 Å². The molecule has 17 heavy (non-hydrogen) atoms. The molecule has 1 aliphatic rings. The summed E-state index contributed by atoms with van der Waals surface area (Å²) in [4.78, 5) is 12.0. The standard InChI is InChI=1S/C13H14N2O2/c14-7-3-8-15-13(16)11-6-9-17-12-5-2-1-4-10(11)12/h1-2,4-5,11H,3,6,8-9H2,(H,15,16). The molecule has 1 aromatic carbocycles. The first-order valence-electron chi connectivity index (χ1n) is 5.69. The molecule has 0 radical (unpaired) electrons. The topological polar surface area (TPSA) is 62.1 Å². The lowest BCUT2D eigenvalue weighted by Gasteiger charge is -2.24. The van der Waals surface area contributed by atoms with E-state index in [9.17, 15) is 4.79 Å². The molecule has 2 rings (SSSR count). The molecule has 0 aliphatic carbocycles. The Labute approximate surface area is 100 Å². The van der Waals surface area contributed by atoms with Crippen LogP contribution in [0.2, 0.25) is 0 Å². The van der Waals surface area contributed by atoms with E-state index in [4.69, 9.17) is 10.00 Å². The van der Waals surface area contributed by atoms with Crippen LogP contribution >= 0.6 is 0 Å². The molecule has 1 amide bonds. The highest BCUT2D eigenvalue weighted by Gasteiger charge is 2.26. The van der Waals surface area contributed by atoms with Crippen LogP contribution in [0.5, 0.6) is 5.75 Å².